The Hall–Kier alpha value is -2.01. The first kappa shape index (κ1) is 14.4. The molecule has 1 aromatic rings. The molecule has 1 aliphatic rings. The summed E-state index contributed by atoms with van der Waals surface area (Å²) in [5.74, 6) is -1.48. The van der Waals surface area contributed by atoms with E-state index in [0.717, 1.165) is 0 Å². The molecule has 1 unspecified atom stereocenters. The lowest BCUT2D eigenvalue weighted by Crippen LogP contribution is -2.49. The van der Waals surface area contributed by atoms with Crippen LogP contribution in [0.25, 0.3) is 0 Å². The molecule has 1 N–H and O–H groups in total. The van der Waals surface area contributed by atoms with Gasteiger partial charge in [-0.25, -0.2) is 4.79 Å². The number of aliphatic hydroxyl groups is 1. The highest BCUT2D eigenvalue weighted by atomic mass is 16.6. The van der Waals surface area contributed by atoms with E-state index in [1.807, 2.05) is 6.92 Å². The van der Waals surface area contributed by atoms with Crippen molar-refractivity contribution in [2.45, 2.75) is 31.8 Å². The van der Waals surface area contributed by atoms with Crippen LogP contribution in [0.4, 0.5) is 0 Å². The molecule has 0 fully saturated rings. The number of carbonyl (C=O) groups excluding carboxylic acids is 3. The minimum atomic E-state index is -1.47. The Labute approximate surface area is 116 Å². The summed E-state index contributed by atoms with van der Waals surface area (Å²) in [6.45, 7) is 1.03. The van der Waals surface area contributed by atoms with Crippen LogP contribution in [0.2, 0.25) is 0 Å². The van der Waals surface area contributed by atoms with Crippen LogP contribution in [0.5, 0.6) is 0 Å². The van der Waals surface area contributed by atoms with E-state index in [4.69, 9.17) is 9.84 Å². The zero-order chi connectivity index (χ0) is 14.8. The number of rotatable bonds is 4. The molecule has 20 heavy (non-hydrogen) atoms. The minimum Gasteiger partial charge on any atom is -0.448 e. The van der Waals surface area contributed by atoms with Crippen molar-refractivity contribution in [3.63, 3.8) is 0 Å². The Bertz CT molecular complexity index is 563. The number of benzene rings is 1. The van der Waals surface area contributed by atoms with Gasteiger partial charge < -0.3 is 9.84 Å². The van der Waals surface area contributed by atoms with Crippen LogP contribution in [0.15, 0.2) is 24.3 Å². The van der Waals surface area contributed by atoms with Gasteiger partial charge in [0.2, 0.25) is 5.78 Å². The van der Waals surface area contributed by atoms with E-state index < -0.39 is 18.2 Å². The number of ether oxygens (including phenoxy) is 1. The summed E-state index contributed by atoms with van der Waals surface area (Å²) in [6.07, 6.45) is 0.681. The van der Waals surface area contributed by atoms with Crippen molar-refractivity contribution in [3.05, 3.63) is 35.4 Å². The van der Waals surface area contributed by atoms with Gasteiger partial charge in [0.15, 0.2) is 11.4 Å². The van der Waals surface area contributed by atoms with Gasteiger partial charge in [-0.1, -0.05) is 37.6 Å². The van der Waals surface area contributed by atoms with E-state index in [0.29, 0.717) is 12.0 Å². The van der Waals surface area contributed by atoms with Crippen LogP contribution in [-0.2, 0) is 9.53 Å². The molecule has 0 amide bonds. The summed E-state index contributed by atoms with van der Waals surface area (Å²) in [7, 11) is 0. The molecule has 5 nitrogen and oxygen atoms in total. The number of Topliss-reactive ketones (excluding diaryl/α,β-unsaturated/α-hetero) is 2. The normalized spacial score (nSPS) is 21.5. The molecule has 106 valence electrons. The van der Waals surface area contributed by atoms with E-state index in [9.17, 15) is 14.4 Å². The monoisotopic (exact) mass is 276 g/mol. The number of fused-ring (bicyclic) bond motifs is 1. The Morgan fingerprint density at radius 1 is 1.30 bits per heavy atom. The predicted molar refractivity (Wildman–Crippen MR) is 70.5 cm³/mol. The molecule has 0 aromatic heterocycles. The van der Waals surface area contributed by atoms with E-state index in [-0.39, 0.29) is 30.0 Å². The van der Waals surface area contributed by atoms with Crippen molar-refractivity contribution in [2.24, 2.45) is 0 Å². The van der Waals surface area contributed by atoms with Crippen LogP contribution < -0.4 is 0 Å². The van der Waals surface area contributed by atoms with Gasteiger partial charge in [0.05, 0.1) is 6.42 Å². The number of esters is 1. The summed E-state index contributed by atoms with van der Waals surface area (Å²) in [5, 5.41) is 8.82. The molecule has 2 rings (SSSR count). The lowest BCUT2D eigenvalue weighted by molar-refractivity contribution is -0.159. The second-order valence-corrected chi connectivity index (χ2v) is 4.85. The smallest absolute Gasteiger partial charge is 0.332 e. The summed E-state index contributed by atoms with van der Waals surface area (Å²) >= 11 is 0. The van der Waals surface area contributed by atoms with E-state index in [2.05, 4.69) is 0 Å². The van der Waals surface area contributed by atoms with Crippen LogP contribution >= 0.6 is 0 Å². The first-order valence-corrected chi connectivity index (χ1v) is 6.54. The summed E-state index contributed by atoms with van der Waals surface area (Å²) in [6, 6.07) is 6.52. The van der Waals surface area contributed by atoms with Gasteiger partial charge in [-0.15, -0.1) is 0 Å². The van der Waals surface area contributed by atoms with E-state index >= 15 is 0 Å². The molecular formula is C15H16O5. The number of ketones is 2. The van der Waals surface area contributed by atoms with E-state index in [1.54, 1.807) is 24.3 Å². The van der Waals surface area contributed by atoms with Gasteiger partial charge in [0.1, 0.15) is 6.61 Å². The molecule has 1 aromatic carbocycles. The van der Waals surface area contributed by atoms with Crippen molar-refractivity contribution < 1.29 is 24.2 Å². The first-order chi connectivity index (χ1) is 9.54. The zero-order valence-corrected chi connectivity index (χ0v) is 11.2. The number of hydrogen-bond donors (Lipinski definition) is 1. The number of carbonyl (C=O) groups is 3. The number of aliphatic hydroxyl groups excluding tert-OH is 1. The van der Waals surface area contributed by atoms with E-state index in [1.165, 1.54) is 0 Å². The zero-order valence-electron chi connectivity index (χ0n) is 11.2. The predicted octanol–water partition coefficient (Wildman–Crippen LogP) is 1.53. The standard InChI is InChI=1S/C15H16O5/c1-2-7-15(20-13(18)9-16)8-12(17)10-5-3-4-6-11(10)14(15)19/h3-6,16H,2,7-9H2,1H3. The van der Waals surface area contributed by atoms with Crippen molar-refractivity contribution in [1.29, 1.82) is 0 Å². The van der Waals surface area contributed by atoms with Gasteiger partial charge in [0.25, 0.3) is 0 Å². The topological polar surface area (TPSA) is 80.7 Å². The minimum absolute atomic E-state index is 0.164. The quantitative estimate of drug-likeness (QED) is 0.843. The molecule has 0 spiro atoms. The Morgan fingerprint density at radius 3 is 2.55 bits per heavy atom. The van der Waals surface area contributed by atoms with Crippen molar-refractivity contribution in [2.75, 3.05) is 6.61 Å². The van der Waals surface area contributed by atoms with Gasteiger partial charge in [0, 0.05) is 11.1 Å². The maximum atomic E-state index is 12.6. The molecule has 0 saturated heterocycles. The summed E-state index contributed by atoms with van der Waals surface area (Å²) in [5.41, 5.74) is -0.827. The first-order valence-electron chi connectivity index (χ1n) is 6.54. The van der Waals surface area contributed by atoms with Crippen molar-refractivity contribution in [1.82, 2.24) is 0 Å². The Kier molecular flexibility index (Phi) is 3.99. The van der Waals surface area contributed by atoms with Gasteiger partial charge >= 0.3 is 5.97 Å². The van der Waals surface area contributed by atoms with Crippen molar-refractivity contribution >= 4 is 17.5 Å². The maximum absolute atomic E-state index is 12.6. The Balaban J connectivity index is 2.47. The molecular weight excluding hydrogens is 260 g/mol. The molecule has 0 radical (unpaired) electrons. The fraction of sp³-hybridized carbons (Fsp3) is 0.400. The van der Waals surface area contributed by atoms with Crippen molar-refractivity contribution in [3.8, 4) is 0 Å². The highest BCUT2D eigenvalue weighted by Crippen LogP contribution is 2.35. The lowest BCUT2D eigenvalue weighted by Gasteiger charge is -2.35. The van der Waals surface area contributed by atoms with Gasteiger partial charge in [-0.3, -0.25) is 9.59 Å². The van der Waals surface area contributed by atoms with Gasteiger partial charge in [-0.05, 0) is 6.42 Å². The van der Waals surface area contributed by atoms with Crippen LogP contribution in [0.3, 0.4) is 0 Å². The van der Waals surface area contributed by atoms with Gasteiger partial charge in [-0.2, -0.15) is 0 Å². The highest BCUT2D eigenvalue weighted by molar-refractivity contribution is 6.18. The average molecular weight is 276 g/mol. The molecule has 1 aliphatic carbocycles. The number of hydrogen-bond acceptors (Lipinski definition) is 5. The lowest BCUT2D eigenvalue weighted by atomic mass is 9.76. The average Bonchev–Trinajstić information content (AvgIpc) is 2.45. The van der Waals surface area contributed by atoms with Crippen LogP contribution in [-0.4, -0.2) is 34.9 Å². The largest absolute Gasteiger partial charge is 0.448 e. The summed E-state index contributed by atoms with van der Waals surface area (Å²) < 4.78 is 5.15. The van der Waals surface area contributed by atoms with Crippen LogP contribution in [0.1, 0.15) is 46.9 Å². The third kappa shape index (κ3) is 2.36. The molecule has 0 aliphatic heterocycles. The second kappa shape index (κ2) is 5.54. The molecule has 5 heteroatoms. The third-order valence-electron chi connectivity index (χ3n) is 3.42. The van der Waals surface area contributed by atoms with Crippen LogP contribution in [0, 0.1) is 0 Å². The molecule has 0 bridgehead atoms. The second-order valence-electron chi connectivity index (χ2n) is 4.85. The maximum Gasteiger partial charge on any atom is 0.332 e. The SMILES string of the molecule is CCCC1(OC(=O)CO)CC(=O)c2ccccc2C1=O. The highest BCUT2D eigenvalue weighted by Gasteiger charge is 2.48. The fourth-order valence-corrected chi connectivity index (χ4v) is 2.59. The molecule has 1 atom stereocenters. The molecule has 0 saturated carbocycles. The Morgan fingerprint density at radius 2 is 1.95 bits per heavy atom. The third-order valence-corrected chi connectivity index (χ3v) is 3.42. The summed E-state index contributed by atoms with van der Waals surface area (Å²) in [4.78, 5) is 36.2. The molecule has 0 heterocycles. The fourth-order valence-electron chi connectivity index (χ4n) is 2.59.